The van der Waals surface area contributed by atoms with Gasteiger partial charge in [-0.1, -0.05) is 139 Å². The smallest absolute Gasteiger partial charge is 0.135 e. The molecule has 0 aromatic heterocycles. The van der Waals surface area contributed by atoms with E-state index in [2.05, 4.69) is 24.3 Å². The Morgan fingerprint density at radius 3 is 2.13 bits per heavy atom. The lowest BCUT2D eigenvalue weighted by Crippen LogP contribution is -2.25. The highest BCUT2D eigenvalue weighted by atomic mass is 16.5. The Bertz CT molecular complexity index is 3190. The minimum Gasteiger partial charge on any atom is -0.456 e. The number of hydrogen-bond acceptors (Lipinski definition) is 1. The van der Waals surface area contributed by atoms with Crippen molar-refractivity contribution in [3.8, 4) is 56.0 Å². The number of hydrogen-bond donors (Lipinski definition) is 0. The van der Waals surface area contributed by atoms with Crippen LogP contribution in [0.4, 0.5) is 0 Å². The molecule has 0 N–H and O–H groups in total. The van der Waals surface area contributed by atoms with Crippen LogP contribution in [0.3, 0.4) is 0 Å². The van der Waals surface area contributed by atoms with Gasteiger partial charge in [0.1, 0.15) is 11.5 Å². The average Bonchev–Trinajstić information content (AvgIpc) is 3.69. The first-order valence-electron chi connectivity index (χ1n) is 20.2. The molecule has 1 atom stereocenters. The predicted octanol–water partition coefficient (Wildman–Crippen LogP) is 11.8. The van der Waals surface area contributed by atoms with Crippen LogP contribution >= 0.6 is 0 Å². The lowest BCUT2D eigenvalue weighted by molar-refractivity contribution is 0.487. The Labute approximate surface area is 281 Å². The van der Waals surface area contributed by atoms with Crippen LogP contribution in [0, 0.1) is 0 Å². The highest BCUT2D eigenvalue weighted by Crippen LogP contribution is 2.64. The van der Waals surface area contributed by atoms with E-state index in [-0.39, 0.29) is 70.9 Å². The lowest BCUT2D eigenvalue weighted by atomic mass is 9.70. The van der Waals surface area contributed by atoms with Gasteiger partial charge >= 0.3 is 0 Å². The number of ether oxygens (including phenoxy) is 1. The first-order chi connectivity index (χ1) is 27.0. The summed E-state index contributed by atoms with van der Waals surface area (Å²) in [7, 11) is 0. The second-order valence-electron chi connectivity index (χ2n) is 12.0. The van der Waals surface area contributed by atoms with Gasteiger partial charge in [-0.25, -0.2) is 0 Å². The van der Waals surface area contributed by atoms with E-state index in [1.807, 2.05) is 72.8 Å². The molecule has 46 heavy (non-hydrogen) atoms. The van der Waals surface area contributed by atoms with Crippen LogP contribution in [0.25, 0.3) is 66.1 Å². The van der Waals surface area contributed by atoms with Crippen LogP contribution in [0.2, 0.25) is 0 Å². The molecule has 3 aliphatic rings. The van der Waals surface area contributed by atoms with Crippen LogP contribution in [0.5, 0.6) is 11.5 Å². The van der Waals surface area contributed by atoms with Gasteiger partial charge < -0.3 is 4.74 Å². The SMILES string of the molecule is [2H]c1c([2H])c([2H])c2c(c1[2H])Oc1ccc(-c3ccc4c(c3)C3(c5ccccc5-4)c4ccccc4-c4c3c([2H])c([2H])c3c([2H])c([2H])c([2H])c([2H])c43)c3cccc-2c13. The Hall–Kier alpha value is -5.92. The van der Waals surface area contributed by atoms with Crippen LogP contribution in [0.1, 0.15) is 36.0 Å². The molecule has 1 heterocycles. The van der Waals surface area contributed by atoms with Crippen molar-refractivity contribution in [3.63, 3.8) is 0 Å². The molecule has 2 aliphatic carbocycles. The molecule has 1 spiro atoms. The Balaban J connectivity index is 1.24. The van der Waals surface area contributed by atoms with Crippen LogP contribution < -0.4 is 4.74 Å². The van der Waals surface area contributed by atoms with Gasteiger partial charge in [0.25, 0.3) is 0 Å². The zero-order chi connectivity index (χ0) is 38.7. The summed E-state index contributed by atoms with van der Waals surface area (Å²) in [5, 5.41) is 1.82. The van der Waals surface area contributed by atoms with Crippen LogP contribution in [-0.2, 0) is 5.41 Å². The fourth-order valence-electron chi connectivity index (χ4n) is 8.22. The normalized spacial score (nSPS) is 19.1. The summed E-state index contributed by atoms with van der Waals surface area (Å²) < 4.78 is 94.3. The van der Waals surface area contributed by atoms with Crippen molar-refractivity contribution < 1.29 is 18.4 Å². The summed E-state index contributed by atoms with van der Waals surface area (Å²) in [6.07, 6.45) is 0. The summed E-state index contributed by atoms with van der Waals surface area (Å²) in [6.45, 7) is 0. The maximum Gasteiger partial charge on any atom is 0.135 e. The maximum absolute atomic E-state index is 9.71. The van der Waals surface area contributed by atoms with Gasteiger partial charge in [-0.15, -0.1) is 0 Å². The van der Waals surface area contributed by atoms with Gasteiger partial charge in [0, 0.05) is 10.9 Å². The predicted molar refractivity (Wildman–Crippen MR) is 189 cm³/mol. The highest BCUT2D eigenvalue weighted by molar-refractivity contribution is 6.11. The van der Waals surface area contributed by atoms with E-state index < -0.39 is 11.5 Å². The third kappa shape index (κ3) is 2.87. The van der Waals surface area contributed by atoms with Gasteiger partial charge in [-0.3, -0.25) is 0 Å². The minimum absolute atomic E-state index is 0.0318. The van der Waals surface area contributed by atoms with Crippen molar-refractivity contribution in [2.45, 2.75) is 5.41 Å². The minimum atomic E-state index is -1.09. The second-order valence-corrected chi connectivity index (χ2v) is 12.0. The van der Waals surface area contributed by atoms with E-state index in [1.165, 1.54) is 0 Å². The molecule has 8 aromatic carbocycles. The molecule has 1 unspecified atom stereocenters. The van der Waals surface area contributed by atoms with Gasteiger partial charge in [0.05, 0.1) is 19.1 Å². The molecule has 1 heteroatoms. The number of para-hydroxylation sites is 1. The Kier molecular flexibility index (Phi) is 3.18. The van der Waals surface area contributed by atoms with E-state index in [0.717, 1.165) is 55.3 Å². The van der Waals surface area contributed by atoms with Crippen molar-refractivity contribution in [1.29, 1.82) is 0 Å². The number of benzene rings is 8. The molecule has 0 amide bonds. The van der Waals surface area contributed by atoms with Crippen LogP contribution in [-0.4, -0.2) is 0 Å². The van der Waals surface area contributed by atoms with Gasteiger partial charge in [0.2, 0.25) is 0 Å². The van der Waals surface area contributed by atoms with Crippen molar-refractivity contribution in [2.75, 3.05) is 0 Å². The van der Waals surface area contributed by atoms with E-state index in [9.17, 15) is 2.74 Å². The number of fused-ring (bicyclic) bond motifs is 14. The van der Waals surface area contributed by atoms with Crippen LogP contribution in [0.15, 0.2) is 157 Å². The van der Waals surface area contributed by atoms with Gasteiger partial charge in [-0.05, 0) is 95.5 Å². The van der Waals surface area contributed by atoms with E-state index in [1.54, 1.807) is 0 Å². The summed E-state index contributed by atoms with van der Waals surface area (Å²) in [6, 6.07) is 28.8. The fourth-order valence-corrected chi connectivity index (χ4v) is 8.22. The molecule has 0 saturated carbocycles. The fraction of sp³-hybridized carbons (Fsp3) is 0.0222. The summed E-state index contributed by atoms with van der Waals surface area (Å²) in [5.74, 6) is 0.579. The quantitative estimate of drug-likeness (QED) is 0.184. The molecular formula is C45H26O. The van der Waals surface area contributed by atoms with Crippen molar-refractivity contribution >= 4 is 21.5 Å². The van der Waals surface area contributed by atoms with E-state index in [4.69, 9.17) is 15.7 Å². The molecule has 11 rings (SSSR count). The number of rotatable bonds is 1. The lowest BCUT2D eigenvalue weighted by Gasteiger charge is -2.31. The average molecular weight is 593 g/mol. The third-order valence-corrected chi connectivity index (χ3v) is 9.97. The molecule has 0 saturated heterocycles. The van der Waals surface area contributed by atoms with Gasteiger partial charge in [-0.2, -0.15) is 0 Å². The Morgan fingerprint density at radius 2 is 1.20 bits per heavy atom. The Morgan fingerprint density at radius 1 is 0.457 bits per heavy atom. The molecule has 0 bridgehead atoms. The van der Waals surface area contributed by atoms with Crippen molar-refractivity contribution in [1.82, 2.24) is 0 Å². The van der Waals surface area contributed by atoms with E-state index in [0.29, 0.717) is 28.0 Å². The molecule has 1 aliphatic heterocycles. The monoisotopic (exact) mass is 592 g/mol. The summed E-state index contributed by atoms with van der Waals surface area (Å²) in [4.78, 5) is 0. The molecule has 0 fully saturated rings. The van der Waals surface area contributed by atoms with Crippen molar-refractivity contribution in [2.24, 2.45) is 0 Å². The standard InChI is InChI=1S/C45H26O/c1-2-11-30-27(10-1)21-24-39-43(30)36-14-4-7-18-38(36)45(39)37-17-6-3-12-31(37)32-22-20-28(26-40(32)45)29-23-25-42-44-34(29)15-9-16-35(44)33-13-5-8-19-41(33)46-42/h1-26H/i1D,2D,5D,8D,10D,11D,13D,19D,21D,24D. The molecule has 1 nitrogen and oxygen atoms in total. The third-order valence-electron chi connectivity index (χ3n) is 9.97. The first kappa shape index (κ1) is 17.0. The summed E-state index contributed by atoms with van der Waals surface area (Å²) >= 11 is 0. The first-order valence-corrected chi connectivity index (χ1v) is 15.2. The molecule has 8 aromatic rings. The topological polar surface area (TPSA) is 9.23 Å². The summed E-state index contributed by atoms with van der Waals surface area (Å²) in [5.41, 5.74) is 7.96. The van der Waals surface area contributed by atoms with Gasteiger partial charge in [0.15, 0.2) is 0 Å². The molecule has 212 valence electrons. The molecular weight excluding hydrogens is 556 g/mol. The highest BCUT2D eigenvalue weighted by Gasteiger charge is 2.52. The largest absolute Gasteiger partial charge is 0.456 e. The zero-order valence-electron chi connectivity index (χ0n) is 34.1. The van der Waals surface area contributed by atoms with E-state index >= 15 is 0 Å². The maximum atomic E-state index is 9.71. The second kappa shape index (κ2) is 8.62. The van der Waals surface area contributed by atoms with Crippen molar-refractivity contribution in [3.05, 3.63) is 180 Å². The zero-order valence-corrected chi connectivity index (χ0v) is 24.1. The molecule has 0 radical (unpaired) electrons.